The summed E-state index contributed by atoms with van der Waals surface area (Å²) in [5, 5.41) is 9.30. The minimum Gasteiger partial charge on any atom is -0.368 e. The predicted octanol–water partition coefficient (Wildman–Crippen LogP) is 3.60. The van der Waals surface area contributed by atoms with Crippen LogP contribution in [0.3, 0.4) is 0 Å². The van der Waals surface area contributed by atoms with Crippen molar-refractivity contribution in [2.24, 2.45) is 0 Å². The van der Waals surface area contributed by atoms with Gasteiger partial charge in [-0.3, -0.25) is 4.79 Å². The van der Waals surface area contributed by atoms with E-state index < -0.39 is 0 Å². The van der Waals surface area contributed by atoms with Crippen LogP contribution in [-0.2, 0) is 9.53 Å². The van der Waals surface area contributed by atoms with Crippen molar-refractivity contribution in [1.29, 1.82) is 0 Å². The number of carbonyl (C=O) groups is 2. The summed E-state index contributed by atoms with van der Waals surface area (Å²) in [7, 11) is 0. The molecular formula is C19H27N3O3S. The van der Waals surface area contributed by atoms with Gasteiger partial charge in [0.2, 0.25) is 0 Å². The Morgan fingerprint density at radius 3 is 2.35 bits per heavy atom. The molecule has 1 heterocycles. The van der Waals surface area contributed by atoms with Crippen LogP contribution in [0.25, 0.3) is 0 Å². The fourth-order valence-corrected chi connectivity index (χ4v) is 4.48. The van der Waals surface area contributed by atoms with Crippen LogP contribution < -0.4 is 16.0 Å². The number of thioether (sulfide) groups is 1. The molecule has 0 aromatic heterocycles. The summed E-state index contributed by atoms with van der Waals surface area (Å²) < 4.78 is 5.36. The molecule has 3 amide bonds. The average molecular weight is 378 g/mol. The highest BCUT2D eigenvalue weighted by Crippen LogP contribution is 2.28. The summed E-state index contributed by atoms with van der Waals surface area (Å²) in [5.41, 5.74) is 1.39. The van der Waals surface area contributed by atoms with Crippen molar-refractivity contribution < 1.29 is 14.3 Å². The first kappa shape index (κ1) is 19.0. The minimum atomic E-state index is -0.347. The van der Waals surface area contributed by atoms with Gasteiger partial charge in [0, 0.05) is 35.5 Å². The van der Waals surface area contributed by atoms with Gasteiger partial charge in [0.1, 0.15) is 6.10 Å². The van der Waals surface area contributed by atoms with E-state index in [2.05, 4.69) is 16.0 Å². The fourth-order valence-electron chi connectivity index (χ4n) is 3.26. The van der Waals surface area contributed by atoms with Crippen molar-refractivity contribution >= 4 is 35.1 Å². The summed E-state index contributed by atoms with van der Waals surface area (Å²) >= 11 is 1.96. The number of urea groups is 1. The van der Waals surface area contributed by atoms with Crippen LogP contribution in [0.4, 0.5) is 16.2 Å². The third kappa shape index (κ3) is 5.92. The standard InChI is InChI=1S/C19H27N3O3S/c23-18(17-6-3-12-25-17)21-14-7-9-15(10-8-14)22-19(24)20-11-13-26-16-4-1-2-5-16/h7-10,16-17H,1-6,11-13H2,(H,21,23)(H2,20,22,24). The highest BCUT2D eigenvalue weighted by molar-refractivity contribution is 7.99. The Hall–Kier alpha value is -1.73. The lowest BCUT2D eigenvalue weighted by Crippen LogP contribution is -2.30. The first-order chi connectivity index (χ1) is 12.7. The number of anilines is 2. The number of carbonyl (C=O) groups excluding carboxylic acids is 2. The number of amides is 3. The number of hydrogen-bond acceptors (Lipinski definition) is 4. The van der Waals surface area contributed by atoms with E-state index in [1.54, 1.807) is 24.3 Å². The lowest BCUT2D eigenvalue weighted by atomic mass is 10.2. The van der Waals surface area contributed by atoms with Crippen LogP contribution in [0.5, 0.6) is 0 Å². The lowest BCUT2D eigenvalue weighted by molar-refractivity contribution is -0.124. The Labute approximate surface area is 158 Å². The molecule has 1 saturated carbocycles. The van der Waals surface area contributed by atoms with Gasteiger partial charge in [-0.25, -0.2) is 4.79 Å². The average Bonchev–Trinajstić information content (AvgIpc) is 3.34. The second-order valence-corrected chi connectivity index (χ2v) is 8.13. The van der Waals surface area contributed by atoms with Crippen molar-refractivity contribution in [2.75, 3.05) is 29.5 Å². The molecule has 1 unspecified atom stereocenters. The topological polar surface area (TPSA) is 79.5 Å². The zero-order valence-corrected chi connectivity index (χ0v) is 15.8. The molecule has 2 aliphatic rings. The molecule has 1 aliphatic heterocycles. The van der Waals surface area contributed by atoms with E-state index in [9.17, 15) is 9.59 Å². The Morgan fingerprint density at radius 2 is 1.69 bits per heavy atom. The predicted molar refractivity (Wildman–Crippen MR) is 106 cm³/mol. The third-order valence-electron chi connectivity index (χ3n) is 4.68. The molecule has 3 rings (SSSR count). The summed E-state index contributed by atoms with van der Waals surface area (Å²) in [5.74, 6) is 0.840. The largest absolute Gasteiger partial charge is 0.368 e. The molecule has 1 atom stereocenters. The molecule has 1 saturated heterocycles. The maximum Gasteiger partial charge on any atom is 0.319 e. The van der Waals surface area contributed by atoms with Crippen molar-refractivity contribution in [3.8, 4) is 0 Å². The van der Waals surface area contributed by atoms with Gasteiger partial charge in [0.15, 0.2) is 0 Å². The van der Waals surface area contributed by atoms with E-state index >= 15 is 0 Å². The van der Waals surface area contributed by atoms with E-state index in [1.807, 2.05) is 11.8 Å². The monoisotopic (exact) mass is 377 g/mol. The van der Waals surface area contributed by atoms with Gasteiger partial charge in [-0.1, -0.05) is 12.8 Å². The van der Waals surface area contributed by atoms with Crippen molar-refractivity contribution in [1.82, 2.24) is 5.32 Å². The fraction of sp³-hybridized carbons (Fsp3) is 0.579. The molecule has 7 heteroatoms. The van der Waals surface area contributed by atoms with Crippen LogP contribution in [0.2, 0.25) is 0 Å². The Kier molecular flexibility index (Phi) is 7.20. The van der Waals surface area contributed by atoms with Crippen molar-refractivity contribution in [2.45, 2.75) is 49.9 Å². The Bertz CT molecular complexity index is 597. The molecule has 1 aromatic rings. The maximum atomic E-state index is 12.0. The van der Waals surface area contributed by atoms with Gasteiger partial charge in [-0.15, -0.1) is 0 Å². The zero-order valence-electron chi connectivity index (χ0n) is 15.0. The van der Waals surface area contributed by atoms with Crippen LogP contribution in [0, 0.1) is 0 Å². The van der Waals surface area contributed by atoms with E-state index in [0.717, 1.165) is 23.8 Å². The summed E-state index contributed by atoms with van der Waals surface area (Å²) in [6.07, 6.45) is 6.66. The van der Waals surface area contributed by atoms with E-state index in [4.69, 9.17) is 4.74 Å². The molecule has 26 heavy (non-hydrogen) atoms. The number of hydrogen-bond donors (Lipinski definition) is 3. The molecule has 2 fully saturated rings. The minimum absolute atomic E-state index is 0.110. The third-order valence-corrected chi connectivity index (χ3v) is 6.06. The maximum absolute atomic E-state index is 12.0. The van der Waals surface area contributed by atoms with Crippen molar-refractivity contribution in [3.63, 3.8) is 0 Å². The molecular weight excluding hydrogens is 350 g/mol. The number of benzene rings is 1. The van der Waals surface area contributed by atoms with Gasteiger partial charge in [0.05, 0.1) is 0 Å². The smallest absolute Gasteiger partial charge is 0.319 e. The van der Waals surface area contributed by atoms with E-state index in [1.165, 1.54) is 25.7 Å². The first-order valence-corrected chi connectivity index (χ1v) is 10.4. The quantitative estimate of drug-likeness (QED) is 0.634. The molecule has 6 nitrogen and oxygen atoms in total. The molecule has 3 N–H and O–H groups in total. The highest BCUT2D eigenvalue weighted by Gasteiger charge is 2.23. The normalized spacial score (nSPS) is 20.1. The van der Waals surface area contributed by atoms with Crippen molar-refractivity contribution in [3.05, 3.63) is 24.3 Å². The van der Waals surface area contributed by atoms with E-state index in [0.29, 0.717) is 24.5 Å². The van der Waals surface area contributed by atoms with Gasteiger partial charge in [-0.2, -0.15) is 11.8 Å². The summed E-state index contributed by atoms with van der Waals surface area (Å²) in [6, 6.07) is 6.90. The number of ether oxygens (including phenoxy) is 1. The Balaban J connectivity index is 1.34. The van der Waals surface area contributed by atoms with E-state index in [-0.39, 0.29) is 18.0 Å². The summed E-state index contributed by atoms with van der Waals surface area (Å²) in [6.45, 7) is 1.32. The summed E-state index contributed by atoms with van der Waals surface area (Å²) in [4.78, 5) is 23.9. The number of rotatable bonds is 7. The Morgan fingerprint density at radius 1 is 1.00 bits per heavy atom. The van der Waals surface area contributed by atoms with Crippen LogP contribution in [0.1, 0.15) is 38.5 Å². The van der Waals surface area contributed by atoms with Gasteiger partial charge < -0.3 is 20.7 Å². The molecule has 0 spiro atoms. The second-order valence-electron chi connectivity index (χ2n) is 6.73. The zero-order chi connectivity index (χ0) is 18.2. The first-order valence-electron chi connectivity index (χ1n) is 9.40. The second kappa shape index (κ2) is 9.83. The molecule has 1 aromatic carbocycles. The van der Waals surface area contributed by atoms with Gasteiger partial charge >= 0.3 is 6.03 Å². The van der Waals surface area contributed by atoms with Crippen LogP contribution in [0.15, 0.2) is 24.3 Å². The SMILES string of the molecule is O=C(NCCSC1CCCC1)Nc1ccc(NC(=O)C2CCCO2)cc1. The molecule has 0 bridgehead atoms. The highest BCUT2D eigenvalue weighted by atomic mass is 32.2. The molecule has 142 valence electrons. The number of nitrogens with one attached hydrogen (secondary N) is 3. The molecule has 0 radical (unpaired) electrons. The van der Waals surface area contributed by atoms with Gasteiger partial charge in [0.25, 0.3) is 5.91 Å². The van der Waals surface area contributed by atoms with Crippen LogP contribution in [-0.4, -0.2) is 42.2 Å². The molecule has 1 aliphatic carbocycles. The van der Waals surface area contributed by atoms with Gasteiger partial charge in [-0.05, 0) is 49.9 Å². The van der Waals surface area contributed by atoms with Crippen LogP contribution >= 0.6 is 11.8 Å². The lowest BCUT2D eigenvalue weighted by Gasteiger charge is -2.12.